The molecule has 1 amide bonds. The van der Waals surface area contributed by atoms with Gasteiger partial charge in [0.2, 0.25) is 5.91 Å². The highest BCUT2D eigenvalue weighted by Crippen LogP contribution is 2.18. The van der Waals surface area contributed by atoms with Crippen molar-refractivity contribution in [2.75, 3.05) is 20.2 Å². The van der Waals surface area contributed by atoms with Crippen LogP contribution in [0.2, 0.25) is 0 Å². The number of methoxy groups -OCH3 is 1. The highest BCUT2D eigenvalue weighted by atomic mass is 16.5. The normalized spacial score (nSPS) is 14.2. The molecule has 0 saturated heterocycles. The summed E-state index contributed by atoms with van der Waals surface area (Å²) in [4.78, 5) is 13.9. The molecule has 1 aromatic rings. The van der Waals surface area contributed by atoms with Crippen LogP contribution in [0.15, 0.2) is 24.3 Å². The zero-order valence-corrected chi connectivity index (χ0v) is 11.7. The number of nitrogens with one attached hydrogen (secondary N) is 1. The number of carbonyl (C=O) groups excluding carboxylic acids is 1. The van der Waals surface area contributed by atoms with E-state index in [0.717, 1.165) is 17.9 Å². The molecule has 1 N–H and O–H groups in total. The molecule has 0 radical (unpaired) electrons. The number of amides is 1. The minimum Gasteiger partial charge on any atom is -0.497 e. The van der Waals surface area contributed by atoms with E-state index in [1.807, 2.05) is 36.1 Å². The van der Waals surface area contributed by atoms with Crippen molar-refractivity contribution in [3.63, 3.8) is 0 Å². The summed E-state index contributed by atoms with van der Waals surface area (Å²) < 4.78 is 5.13. The van der Waals surface area contributed by atoms with Crippen molar-refractivity contribution in [1.82, 2.24) is 10.2 Å². The molecule has 104 valence electrons. The Kier molecular flexibility index (Phi) is 4.80. The number of benzene rings is 1. The fourth-order valence-corrected chi connectivity index (χ4v) is 1.96. The molecule has 0 aliphatic heterocycles. The van der Waals surface area contributed by atoms with Crippen molar-refractivity contribution < 1.29 is 9.53 Å². The van der Waals surface area contributed by atoms with E-state index in [9.17, 15) is 4.79 Å². The first kappa shape index (κ1) is 13.9. The minimum absolute atomic E-state index is 0.171. The molecular formula is C15H22N2O2. The van der Waals surface area contributed by atoms with Crippen LogP contribution in [0.4, 0.5) is 0 Å². The van der Waals surface area contributed by atoms with Crippen LogP contribution in [0.5, 0.6) is 5.75 Å². The Balaban J connectivity index is 1.86. The minimum atomic E-state index is 0.171. The highest BCUT2D eigenvalue weighted by Gasteiger charge is 2.22. The average molecular weight is 262 g/mol. The molecule has 2 rings (SSSR count). The molecule has 1 aliphatic rings. The summed E-state index contributed by atoms with van der Waals surface area (Å²) in [6, 6.07) is 8.43. The second-order valence-electron chi connectivity index (χ2n) is 4.91. The quantitative estimate of drug-likeness (QED) is 0.814. The van der Waals surface area contributed by atoms with Gasteiger partial charge >= 0.3 is 0 Å². The van der Waals surface area contributed by atoms with E-state index in [-0.39, 0.29) is 5.91 Å². The van der Waals surface area contributed by atoms with Crippen molar-refractivity contribution in [3.05, 3.63) is 29.8 Å². The van der Waals surface area contributed by atoms with Crippen LogP contribution >= 0.6 is 0 Å². The third kappa shape index (κ3) is 4.24. The van der Waals surface area contributed by atoms with Crippen molar-refractivity contribution in [2.24, 2.45) is 0 Å². The maximum atomic E-state index is 12.1. The van der Waals surface area contributed by atoms with Crippen LogP contribution in [-0.4, -0.2) is 37.0 Å². The summed E-state index contributed by atoms with van der Waals surface area (Å²) >= 11 is 0. The molecule has 19 heavy (non-hydrogen) atoms. The molecule has 0 unspecified atom stereocenters. The van der Waals surface area contributed by atoms with E-state index in [0.29, 0.717) is 19.1 Å². The van der Waals surface area contributed by atoms with E-state index < -0.39 is 0 Å². The third-order valence-electron chi connectivity index (χ3n) is 3.39. The lowest BCUT2D eigenvalue weighted by molar-refractivity contribution is -0.130. The average Bonchev–Trinajstić information content (AvgIpc) is 3.27. The van der Waals surface area contributed by atoms with Crippen molar-refractivity contribution in [3.8, 4) is 5.75 Å². The lowest BCUT2D eigenvalue weighted by atomic mass is 10.2. The Morgan fingerprint density at radius 3 is 2.58 bits per heavy atom. The molecule has 0 heterocycles. The Hall–Kier alpha value is -1.55. The van der Waals surface area contributed by atoms with Crippen LogP contribution in [0.1, 0.15) is 25.3 Å². The third-order valence-corrected chi connectivity index (χ3v) is 3.39. The predicted molar refractivity (Wildman–Crippen MR) is 75.1 cm³/mol. The molecule has 1 aliphatic carbocycles. The SMILES string of the molecule is CCN(Cc1ccc(OC)cc1)C(=O)CNC1CC1. The van der Waals surface area contributed by atoms with Gasteiger partial charge in [0.1, 0.15) is 5.75 Å². The van der Waals surface area contributed by atoms with Gasteiger partial charge in [0.15, 0.2) is 0 Å². The van der Waals surface area contributed by atoms with Gasteiger partial charge in [-0.15, -0.1) is 0 Å². The fraction of sp³-hybridized carbons (Fsp3) is 0.533. The van der Waals surface area contributed by atoms with Gasteiger partial charge in [-0.25, -0.2) is 0 Å². The number of ether oxygens (including phenoxy) is 1. The fourth-order valence-electron chi connectivity index (χ4n) is 1.96. The summed E-state index contributed by atoms with van der Waals surface area (Å²) in [7, 11) is 1.65. The number of hydrogen-bond donors (Lipinski definition) is 1. The van der Waals surface area contributed by atoms with E-state index in [4.69, 9.17) is 4.74 Å². The molecule has 0 bridgehead atoms. The Bertz CT molecular complexity index is 413. The first-order valence-electron chi connectivity index (χ1n) is 6.87. The topological polar surface area (TPSA) is 41.6 Å². The molecule has 0 spiro atoms. The smallest absolute Gasteiger partial charge is 0.236 e. The van der Waals surface area contributed by atoms with Crippen LogP contribution in [0.25, 0.3) is 0 Å². The van der Waals surface area contributed by atoms with E-state index in [1.165, 1.54) is 12.8 Å². The van der Waals surface area contributed by atoms with Gasteiger partial charge in [-0.1, -0.05) is 12.1 Å². The lowest BCUT2D eigenvalue weighted by Crippen LogP contribution is -2.38. The summed E-state index contributed by atoms with van der Waals surface area (Å²) in [5.74, 6) is 1.01. The maximum Gasteiger partial charge on any atom is 0.236 e. The summed E-state index contributed by atoms with van der Waals surface area (Å²) in [6.45, 7) is 3.86. The molecule has 4 heteroatoms. The van der Waals surface area contributed by atoms with E-state index in [2.05, 4.69) is 5.32 Å². The second kappa shape index (κ2) is 6.57. The van der Waals surface area contributed by atoms with Gasteiger partial charge in [-0.3, -0.25) is 4.79 Å². The monoisotopic (exact) mass is 262 g/mol. The molecule has 1 fully saturated rings. The van der Waals surface area contributed by atoms with Crippen LogP contribution in [0, 0.1) is 0 Å². The molecule has 1 saturated carbocycles. The van der Waals surface area contributed by atoms with Crippen LogP contribution < -0.4 is 10.1 Å². The summed E-state index contributed by atoms with van der Waals surface area (Å²) in [6.07, 6.45) is 2.41. The van der Waals surface area contributed by atoms with Gasteiger partial charge < -0.3 is 15.0 Å². The van der Waals surface area contributed by atoms with Gasteiger partial charge in [0.05, 0.1) is 13.7 Å². The molecule has 0 atom stereocenters. The predicted octanol–water partition coefficient (Wildman–Crippen LogP) is 1.80. The Morgan fingerprint density at radius 1 is 1.37 bits per heavy atom. The van der Waals surface area contributed by atoms with Crippen molar-refractivity contribution in [2.45, 2.75) is 32.4 Å². The number of carbonyl (C=O) groups is 1. The van der Waals surface area contributed by atoms with Crippen LogP contribution in [-0.2, 0) is 11.3 Å². The largest absolute Gasteiger partial charge is 0.497 e. The lowest BCUT2D eigenvalue weighted by Gasteiger charge is -2.21. The van der Waals surface area contributed by atoms with E-state index >= 15 is 0 Å². The molecule has 1 aromatic carbocycles. The molecule has 0 aromatic heterocycles. The zero-order valence-electron chi connectivity index (χ0n) is 11.7. The summed E-state index contributed by atoms with van der Waals surface area (Å²) in [5, 5.41) is 3.26. The number of rotatable bonds is 7. The first-order valence-corrected chi connectivity index (χ1v) is 6.87. The molecule has 4 nitrogen and oxygen atoms in total. The van der Waals surface area contributed by atoms with Crippen molar-refractivity contribution >= 4 is 5.91 Å². The second-order valence-corrected chi connectivity index (χ2v) is 4.91. The first-order chi connectivity index (χ1) is 9.22. The van der Waals surface area contributed by atoms with E-state index in [1.54, 1.807) is 7.11 Å². The Morgan fingerprint density at radius 2 is 2.05 bits per heavy atom. The van der Waals surface area contributed by atoms with Gasteiger partial charge in [0, 0.05) is 19.1 Å². The van der Waals surface area contributed by atoms with Crippen LogP contribution in [0.3, 0.4) is 0 Å². The number of likely N-dealkylation sites (N-methyl/N-ethyl adjacent to an activating group) is 1. The van der Waals surface area contributed by atoms with Gasteiger partial charge in [-0.2, -0.15) is 0 Å². The van der Waals surface area contributed by atoms with Gasteiger partial charge in [-0.05, 0) is 37.5 Å². The van der Waals surface area contributed by atoms with Gasteiger partial charge in [0.25, 0.3) is 0 Å². The number of nitrogens with zero attached hydrogens (tertiary/aromatic N) is 1. The van der Waals surface area contributed by atoms with Crippen molar-refractivity contribution in [1.29, 1.82) is 0 Å². The maximum absolute atomic E-state index is 12.1. The summed E-state index contributed by atoms with van der Waals surface area (Å²) in [5.41, 5.74) is 1.13. The highest BCUT2D eigenvalue weighted by molar-refractivity contribution is 5.78. The Labute approximate surface area is 114 Å². The number of hydrogen-bond acceptors (Lipinski definition) is 3. The molecular weight excluding hydrogens is 240 g/mol. The standard InChI is InChI=1S/C15H22N2O2/c1-3-17(15(18)10-16-13-6-7-13)11-12-4-8-14(19-2)9-5-12/h4-5,8-9,13,16H,3,6-7,10-11H2,1-2H3. The zero-order chi connectivity index (χ0) is 13.7.